The normalized spacial score (nSPS) is 18.2. The van der Waals surface area contributed by atoms with Crippen LogP contribution in [0.25, 0.3) is 0 Å². The van der Waals surface area contributed by atoms with E-state index < -0.39 is 0 Å². The molecule has 20 heavy (non-hydrogen) atoms. The van der Waals surface area contributed by atoms with Crippen LogP contribution in [0.5, 0.6) is 11.5 Å². The van der Waals surface area contributed by atoms with Gasteiger partial charge in [-0.05, 0) is 36.2 Å². The van der Waals surface area contributed by atoms with Gasteiger partial charge in [-0.2, -0.15) is 0 Å². The molecule has 0 saturated heterocycles. The third-order valence-corrected chi connectivity index (χ3v) is 3.56. The highest BCUT2D eigenvalue weighted by molar-refractivity contribution is 5.37. The van der Waals surface area contributed by atoms with Gasteiger partial charge in [-0.25, -0.2) is 0 Å². The van der Waals surface area contributed by atoms with E-state index in [1.807, 2.05) is 49.4 Å². The summed E-state index contributed by atoms with van der Waals surface area (Å²) in [6.45, 7) is 2.53. The van der Waals surface area contributed by atoms with Crippen LogP contribution in [-0.2, 0) is 6.42 Å². The number of rotatable bonds is 4. The standard InChI is InChI=1S/C17H19NO2/c1-12(18)13-6-8-15(9-7-13)19-11-16-10-14-4-2-3-5-17(14)20-16/h2-9,12,16H,10-11,18H2,1H3/t12-,16?/m1/s1. The monoisotopic (exact) mass is 269 g/mol. The zero-order chi connectivity index (χ0) is 13.9. The van der Waals surface area contributed by atoms with Crippen LogP contribution >= 0.6 is 0 Å². The third-order valence-electron chi connectivity index (χ3n) is 3.56. The lowest BCUT2D eigenvalue weighted by Crippen LogP contribution is -2.22. The van der Waals surface area contributed by atoms with Crippen molar-refractivity contribution < 1.29 is 9.47 Å². The summed E-state index contributed by atoms with van der Waals surface area (Å²) in [5.41, 5.74) is 8.20. The van der Waals surface area contributed by atoms with Crippen LogP contribution in [0.3, 0.4) is 0 Å². The molecular formula is C17H19NO2. The number of para-hydroxylation sites is 1. The zero-order valence-corrected chi connectivity index (χ0v) is 11.6. The molecule has 2 aromatic rings. The predicted octanol–water partition coefficient (Wildman–Crippen LogP) is 3.09. The molecule has 0 radical (unpaired) electrons. The molecule has 0 aromatic heterocycles. The van der Waals surface area contributed by atoms with Crippen molar-refractivity contribution in [3.63, 3.8) is 0 Å². The SMILES string of the molecule is C[C@@H](N)c1ccc(OCC2Cc3ccccc3O2)cc1. The Balaban J connectivity index is 1.56. The minimum Gasteiger partial charge on any atom is -0.490 e. The van der Waals surface area contributed by atoms with Gasteiger partial charge in [0, 0.05) is 12.5 Å². The quantitative estimate of drug-likeness (QED) is 0.927. The molecule has 0 aliphatic carbocycles. The molecule has 0 spiro atoms. The topological polar surface area (TPSA) is 44.5 Å². The van der Waals surface area contributed by atoms with Crippen molar-refractivity contribution in [3.8, 4) is 11.5 Å². The maximum Gasteiger partial charge on any atom is 0.137 e. The first-order chi connectivity index (χ1) is 9.72. The van der Waals surface area contributed by atoms with Crippen molar-refractivity contribution in [1.82, 2.24) is 0 Å². The Morgan fingerprint density at radius 3 is 2.65 bits per heavy atom. The molecular weight excluding hydrogens is 250 g/mol. The van der Waals surface area contributed by atoms with Crippen LogP contribution in [0.15, 0.2) is 48.5 Å². The number of fused-ring (bicyclic) bond motifs is 1. The summed E-state index contributed by atoms with van der Waals surface area (Å²) in [5.74, 6) is 1.84. The second-order valence-electron chi connectivity index (χ2n) is 5.22. The fourth-order valence-corrected chi connectivity index (χ4v) is 2.40. The van der Waals surface area contributed by atoms with Crippen molar-refractivity contribution in [2.45, 2.75) is 25.5 Å². The summed E-state index contributed by atoms with van der Waals surface area (Å²) in [5, 5.41) is 0. The van der Waals surface area contributed by atoms with E-state index in [1.165, 1.54) is 5.56 Å². The predicted molar refractivity (Wildman–Crippen MR) is 79.1 cm³/mol. The van der Waals surface area contributed by atoms with Gasteiger partial charge in [-0.3, -0.25) is 0 Å². The summed E-state index contributed by atoms with van der Waals surface area (Å²) in [6, 6.07) is 16.1. The van der Waals surface area contributed by atoms with Crippen LogP contribution in [0.1, 0.15) is 24.1 Å². The van der Waals surface area contributed by atoms with Crippen LogP contribution < -0.4 is 15.2 Å². The molecule has 2 aromatic carbocycles. The summed E-state index contributed by atoms with van der Waals surface area (Å²) in [6.07, 6.45) is 1.01. The van der Waals surface area contributed by atoms with E-state index >= 15 is 0 Å². The summed E-state index contributed by atoms with van der Waals surface area (Å²) >= 11 is 0. The Morgan fingerprint density at radius 2 is 1.95 bits per heavy atom. The molecule has 1 unspecified atom stereocenters. The molecule has 3 rings (SSSR count). The fourth-order valence-electron chi connectivity index (χ4n) is 2.40. The molecule has 0 amide bonds. The molecule has 2 N–H and O–H groups in total. The molecule has 1 heterocycles. The van der Waals surface area contributed by atoms with Gasteiger partial charge in [0.1, 0.15) is 24.2 Å². The molecule has 1 aliphatic rings. The van der Waals surface area contributed by atoms with Gasteiger partial charge < -0.3 is 15.2 Å². The van der Waals surface area contributed by atoms with Crippen LogP contribution in [0.4, 0.5) is 0 Å². The van der Waals surface area contributed by atoms with Crippen LogP contribution in [0, 0.1) is 0 Å². The summed E-state index contributed by atoms with van der Waals surface area (Å²) < 4.78 is 11.6. The number of nitrogens with two attached hydrogens (primary N) is 1. The van der Waals surface area contributed by atoms with E-state index in [2.05, 4.69) is 6.07 Å². The van der Waals surface area contributed by atoms with Gasteiger partial charge in [0.2, 0.25) is 0 Å². The second-order valence-corrected chi connectivity index (χ2v) is 5.22. The lowest BCUT2D eigenvalue weighted by Gasteiger charge is -2.13. The second kappa shape index (κ2) is 5.55. The Kier molecular flexibility index (Phi) is 3.61. The first-order valence-electron chi connectivity index (χ1n) is 6.95. The Bertz CT molecular complexity index is 553. The highest BCUT2D eigenvalue weighted by Gasteiger charge is 2.22. The number of ether oxygens (including phenoxy) is 2. The maximum absolute atomic E-state index is 5.85. The van der Waals surface area contributed by atoms with E-state index in [0.29, 0.717) is 6.61 Å². The van der Waals surface area contributed by atoms with E-state index in [1.54, 1.807) is 0 Å². The molecule has 0 bridgehead atoms. The first kappa shape index (κ1) is 13.0. The lowest BCUT2D eigenvalue weighted by atomic mass is 10.1. The van der Waals surface area contributed by atoms with Gasteiger partial charge in [-0.15, -0.1) is 0 Å². The minimum absolute atomic E-state index is 0.0525. The van der Waals surface area contributed by atoms with Crippen LogP contribution in [0.2, 0.25) is 0 Å². The highest BCUT2D eigenvalue weighted by atomic mass is 16.5. The highest BCUT2D eigenvalue weighted by Crippen LogP contribution is 2.28. The average molecular weight is 269 g/mol. The maximum atomic E-state index is 5.85. The van der Waals surface area contributed by atoms with Crippen molar-refractivity contribution >= 4 is 0 Å². The van der Waals surface area contributed by atoms with Gasteiger partial charge in [0.25, 0.3) is 0 Å². The molecule has 104 valence electrons. The Hall–Kier alpha value is -2.00. The van der Waals surface area contributed by atoms with E-state index in [-0.39, 0.29) is 12.1 Å². The molecule has 0 saturated carbocycles. The van der Waals surface area contributed by atoms with E-state index in [9.17, 15) is 0 Å². The van der Waals surface area contributed by atoms with Crippen molar-refractivity contribution in [1.29, 1.82) is 0 Å². The molecule has 0 fully saturated rings. The largest absolute Gasteiger partial charge is 0.490 e. The number of hydrogen-bond acceptors (Lipinski definition) is 3. The van der Waals surface area contributed by atoms with Crippen molar-refractivity contribution in [3.05, 3.63) is 59.7 Å². The Morgan fingerprint density at radius 1 is 1.20 bits per heavy atom. The van der Waals surface area contributed by atoms with Crippen molar-refractivity contribution in [2.24, 2.45) is 5.73 Å². The smallest absolute Gasteiger partial charge is 0.137 e. The summed E-state index contributed by atoms with van der Waals surface area (Å²) in [7, 11) is 0. The molecule has 2 atom stereocenters. The van der Waals surface area contributed by atoms with E-state index in [4.69, 9.17) is 15.2 Å². The summed E-state index contributed by atoms with van der Waals surface area (Å²) in [4.78, 5) is 0. The minimum atomic E-state index is 0.0525. The number of benzene rings is 2. The fraction of sp³-hybridized carbons (Fsp3) is 0.294. The van der Waals surface area contributed by atoms with Gasteiger partial charge in [-0.1, -0.05) is 30.3 Å². The van der Waals surface area contributed by atoms with Gasteiger partial charge >= 0.3 is 0 Å². The molecule has 3 nitrogen and oxygen atoms in total. The van der Waals surface area contributed by atoms with Gasteiger partial charge in [0.15, 0.2) is 0 Å². The van der Waals surface area contributed by atoms with E-state index in [0.717, 1.165) is 23.5 Å². The van der Waals surface area contributed by atoms with Crippen molar-refractivity contribution in [2.75, 3.05) is 6.61 Å². The zero-order valence-electron chi connectivity index (χ0n) is 11.6. The van der Waals surface area contributed by atoms with Gasteiger partial charge in [0.05, 0.1) is 0 Å². The molecule has 1 aliphatic heterocycles. The lowest BCUT2D eigenvalue weighted by molar-refractivity contribution is 0.148. The average Bonchev–Trinajstić information content (AvgIpc) is 2.88. The molecule has 3 heteroatoms. The first-order valence-corrected chi connectivity index (χ1v) is 6.95. The Labute approximate surface area is 119 Å². The van der Waals surface area contributed by atoms with Crippen LogP contribution in [-0.4, -0.2) is 12.7 Å². The number of hydrogen-bond donors (Lipinski definition) is 1. The third kappa shape index (κ3) is 2.78.